The molecular weight excluding hydrogens is 388 g/mol. The van der Waals surface area contributed by atoms with Crippen LogP contribution in [-0.2, 0) is 15.1 Å². The lowest BCUT2D eigenvalue weighted by Crippen LogP contribution is -2.44. The van der Waals surface area contributed by atoms with E-state index in [9.17, 15) is 9.90 Å². The van der Waals surface area contributed by atoms with E-state index < -0.39 is 11.6 Å². The summed E-state index contributed by atoms with van der Waals surface area (Å²) in [4.78, 5) is 17.9. The van der Waals surface area contributed by atoms with Gasteiger partial charge in [-0.1, -0.05) is 49.2 Å². The third kappa shape index (κ3) is 5.16. The average molecular weight is 423 g/mol. The molecular formula is C26H34N2O3. The number of aromatic nitrogens is 1. The van der Waals surface area contributed by atoms with Crippen molar-refractivity contribution in [3.8, 4) is 0 Å². The van der Waals surface area contributed by atoms with Crippen LogP contribution in [0.1, 0.15) is 62.1 Å². The number of ether oxygens (including phenoxy) is 1. The van der Waals surface area contributed by atoms with Gasteiger partial charge in [0, 0.05) is 23.7 Å². The largest absolute Gasteiger partial charge is 0.463 e. The van der Waals surface area contributed by atoms with Gasteiger partial charge < -0.3 is 15.2 Å². The minimum Gasteiger partial charge on any atom is -0.463 e. The number of rotatable bonds is 8. The van der Waals surface area contributed by atoms with Crippen LogP contribution < -0.4 is 5.32 Å². The maximum atomic E-state index is 13.4. The van der Waals surface area contributed by atoms with E-state index in [-0.39, 0.29) is 18.4 Å². The van der Waals surface area contributed by atoms with Gasteiger partial charge in [0.25, 0.3) is 0 Å². The number of nitrogens with one attached hydrogen (secondary N) is 1. The number of benzene rings is 1. The first kappa shape index (κ1) is 22.0. The molecule has 0 amide bonds. The third-order valence-corrected chi connectivity index (χ3v) is 7.07. The summed E-state index contributed by atoms with van der Waals surface area (Å²) in [5.74, 6) is 0.0172. The molecule has 5 nitrogen and oxygen atoms in total. The van der Waals surface area contributed by atoms with Gasteiger partial charge in [0.05, 0.1) is 6.61 Å². The minimum atomic E-state index is -1.58. The number of aliphatic hydroxyl groups is 1. The Hall–Kier alpha value is -2.24. The summed E-state index contributed by atoms with van der Waals surface area (Å²) in [6, 6.07) is 15.2. The molecule has 31 heavy (non-hydrogen) atoms. The molecule has 0 radical (unpaired) electrons. The molecule has 2 atom stereocenters. The smallest absolute Gasteiger partial charge is 0.343 e. The number of carbonyl (C=O) groups is 1. The molecule has 1 saturated carbocycles. The number of carbonyl (C=O) groups excluding carboxylic acids is 1. The van der Waals surface area contributed by atoms with Crippen molar-refractivity contribution in [3.63, 3.8) is 0 Å². The second-order valence-electron chi connectivity index (χ2n) is 9.09. The van der Waals surface area contributed by atoms with Crippen molar-refractivity contribution in [2.45, 2.75) is 56.5 Å². The van der Waals surface area contributed by atoms with Gasteiger partial charge in [-0.05, 0) is 68.8 Å². The summed E-state index contributed by atoms with van der Waals surface area (Å²) in [5.41, 5.74) is 0.0128. The molecule has 1 aromatic carbocycles. The Labute approximate surface area is 185 Å². The fraction of sp³-hybridized carbons (Fsp3) is 0.538. The maximum Gasteiger partial charge on any atom is 0.343 e. The molecule has 0 bridgehead atoms. The van der Waals surface area contributed by atoms with Crippen LogP contribution >= 0.6 is 0 Å². The third-order valence-electron chi connectivity index (χ3n) is 7.07. The molecule has 2 heterocycles. The molecule has 2 unspecified atom stereocenters. The first-order chi connectivity index (χ1) is 15.2. The number of esters is 1. The Morgan fingerprint density at radius 2 is 1.77 bits per heavy atom. The van der Waals surface area contributed by atoms with Gasteiger partial charge >= 0.3 is 5.97 Å². The molecule has 2 aromatic rings. The summed E-state index contributed by atoms with van der Waals surface area (Å²) in [6.07, 6.45) is 8.78. The van der Waals surface area contributed by atoms with Gasteiger partial charge in [0.1, 0.15) is 0 Å². The van der Waals surface area contributed by atoms with Gasteiger partial charge in [-0.2, -0.15) is 0 Å². The van der Waals surface area contributed by atoms with Crippen molar-refractivity contribution in [2.24, 2.45) is 11.8 Å². The maximum absolute atomic E-state index is 13.4. The Kier molecular flexibility index (Phi) is 7.36. The molecule has 1 aromatic heterocycles. The van der Waals surface area contributed by atoms with Crippen LogP contribution in [0.5, 0.6) is 0 Å². The molecule has 4 rings (SSSR count). The summed E-state index contributed by atoms with van der Waals surface area (Å²) in [5, 5.41) is 15.1. The highest BCUT2D eigenvalue weighted by Crippen LogP contribution is 2.42. The molecule has 1 aliphatic heterocycles. The van der Waals surface area contributed by atoms with Crippen molar-refractivity contribution >= 4 is 5.97 Å². The Morgan fingerprint density at radius 1 is 1.06 bits per heavy atom. The first-order valence-corrected chi connectivity index (χ1v) is 11.7. The Morgan fingerprint density at radius 3 is 2.45 bits per heavy atom. The molecule has 2 N–H and O–H groups in total. The van der Waals surface area contributed by atoms with Crippen LogP contribution in [-0.4, -0.2) is 35.8 Å². The van der Waals surface area contributed by atoms with Gasteiger partial charge in [0.15, 0.2) is 5.60 Å². The molecule has 1 saturated heterocycles. The second kappa shape index (κ2) is 10.4. The number of hydrogen-bond acceptors (Lipinski definition) is 5. The van der Waals surface area contributed by atoms with Gasteiger partial charge in [-0.3, -0.25) is 4.98 Å². The quantitative estimate of drug-likeness (QED) is 0.625. The van der Waals surface area contributed by atoms with Crippen LogP contribution in [0.3, 0.4) is 0 Å². The highest BCUT2D eigenvalue weighted by Gasteiger charge is 2.48. The highest BCUT2D eigenvalue weighted by molar-refractivity contribution is 5.81. The van der Waals surface area contributed by atoms with E-state index in [4.69, 9.17) is 4.74 Å². The van der Waals surface area contributed by atoms with E-state index in [1.54, 1.807) is 6.20 Å². The van der Waals surface area contributed by atoms with E-state index in [2.05, 4.69) is 10.3 Å². The molecule has 5 heteroatoms. The van der Waals surface area contributed by atoms with Gasteiger partial charge in [-0.15, -0.1) is 0 Å². The van der Waals surface area contributed by atoms with Crippen molar-refractivity contribution in [1.82, 2.24) is 10.3 Å². The Bertz CT molecular complexity index is 817. The van der Waals surface area contributed by atoms with Crippen molar-refractivity contribution in [2.75, 3.05) is 19.7 Å². The zero-order valence-corrected chi connectivity index (χ0v) is 18.2. The lowest BCUT2D eigenvalue weighted by molar-refractivity contribution is -0.174. The fourth-order valence-electron chi connectivity index (χ4n) is 5.25. The lowest BCUT2D eigenvalue weighted by atomic mass is 9.80. The van der Waals surface area contributed by atoms with E-state index in [1.807, 2.05) is 48.5 Å². The summed E-state index contributed by atoms with van der Waals surface area (Å²) < 4.78 is 5.89. The van der Waals surface area contributed by atoms with Crippen LogP contribution in [0.25, 0.3) is 0 Å². The lowest BCUT2D eigenvalue weighted by Gasteiger charge is -2.33. The number of pyridine rings is 1. The predicted molar refractivity (Wildman–Crippen MR) is 120 cm³/mol. The van der Waals surface area contributed by atoms with Crippen molar-refractivity contribution in [1.29, 1.82) is 0 Å². The van der Waals surface area contributed by atoms with E-state index in [1.165, 1.54) is 0 Å². The van der Waals surface area contributed by atoms with Crippen molar-refractivity contribution < 1.29 is 14.6 Å². The minimum absolute atomic E-state index is 0.0388. The first-order valence-electron chi connectivity index (χ1n) is 11.7. The number of piperidine rings is 1. The zero-order chi connectivity index (χ0) is 21.5. The molecule has 2 fully saturated rings. The standard InChI is InChI=1S/C26H34N2O3/c29-25(26(30,23-10-4-5-11-23)22-8-2-1-3-9-22)31-19-21(24-12-6-7-15-28-24)18-20-13-16-27-17-14-20/h1-3,6-9,12,15,20-21,23,27,30H,4-5,10-11,13-14,16-19H2. The van der Waals surface area contributed by atoms with E-state index >= 15 is 0 Å². The molecule has 166 valence electrons. The molecule has 1 aliphatic carbocycles. The fourth-order valence-corrected chi connectivity index (χ4v) is 5.25. The van der Waals surface area contributed by atoms with Crippen molar-refractivity contribution in [3.05, 3.63) is 66.0 Å². The highest BCUT2D eigenvalue weighted by atomic mass is 16.5. The topological polar surface area (TPSA) is 71.5 Å². The zero-order valence-electron chi connectivity index (χ0n) is 18.2. The number of nitrogens with zero attached hydrogens (tertiary/aromatic N) is 1. The van der Waals surface area contributed by atoms with E-state index in [0.29, 0.717) is 11.5 Å². The van der Waals surface area contributed by atoms with E-state index in [0.717, 1.165) is 63.7 Å². The summed E-state index contributed by atoms with van der Waals surface area (Å²) in [6.45, 7) is 2.32. The SMILES string of the molecule is O=C(OCC(CC1CCNCC1)c1ccccn1)C(O)(c1ccccc1)C1CCCC1. The van der Waals surface area contributed by atoms with Crippen LogP contribution in [0.4, 0.5) is 0 Å². The monoisotopic (exact) mass is 422 g/mol. The van der Waals surface area contributed by atoms with Crippen LogP contribution in [0, 0.1) is 11.8 Å². The molecule has 0 spiro atoms. The van der Waals surface area contributed by atoms with Crippen LogP contribution in [0.2, 0.25) is 0 Å². The van der Waals surface area contributed by atoms with Gasteiger partial charge in [0.2, 0.25) is 0 Å². The normalized spacial score (nSPS) is 20.8. The molecule has 2 aliphatic rings. The summed E-state index contributed by atoms with van der Waals surface area (Å²) >= 11 is 0. The second-order valence-corrected chi connectivity index (χ2v) is 9.09. The summed E-state index contributed by atoms with van der Waals surface area (Å²) in [7, 11) is 0. The number of hydrogen-bond donors (Lipinski definition) is 2. The predicted octanol–water partition coefficient (Wildman–Crippen LogP) is 4.18. The van der Waals surface area contributed by atoms with Crippen LogP contribution in [0.15, 0.2) is 54.7 Å². The Balaban J connectivity index is 1.51. The average Bonchev–Trinajstić information content (AvgIpc) is 3.38. The van der Waals surface area contributed by atoms with Gasteiger partial charge in [-0.25, -0.2) is 4.79 Å².